The molecule has 0 atom stereocenters. The molecule has 6 heteroatoms. The van der Waals surface area contributed by atoms with E-state index in [-0.39, 0.29) is 12.5 Å². The maximum absolute atomic E-state index is 12.3. The molecule has 0 radical (unpaired) electrons. The summed E-state index contributed by atoms with van der Waals surface area (Å²) in [6, 6.07) is 14.7. The molecule has 0 saturated carbocycles. The first kappa shape index (κ1) is 20.2. The number of carbonyl (C=O) groups excluding carboxylic acids is 1. The molecule has 1 N–H and O–H groups in total. The summed E-state index contributed by atoms with van der Waals surface area (Å²) in [5, 5.41) is 2.82. The first-order chi connectivity index (χ1) is 14.0. The SMILES string of the molecule is COc1ccc(NC(=O)COc2ccc(C)c(C)c2)cc1OCc1cccnc1. The molecule has 0 unspecified atom stereocenters. The highest BCUT2D eigenvalue weighted by atomic mass is 16.5. The fourth-order valence-corrected chi connectivity index (χ4v) is 2.66. The Morgan fingerprint density at radius 2 is 1.86 bits per heavy atom. The Labute approximate surface area is 170 Å². The van der Waals surface area contributed by atoms with Gasteiger partial charge in [0.15, 0.2) is 18.1 Å². The summed E-state index contributed by atoms with van der Waals surface area (Å²) in [5.74, 6) is 1.52. The highest BCUT2D eigenvalue weighted by Gasteiger charge is 2.10. The molecule has 1 amide bonds. The summed E-state index contributed by atoms with van der Waals surface area (Å²) in [4.78, 5) is 16.3. The molecule has 3 rings (SSSR count). The Morgan fingerprint density at radius 1 is 1.00 bits per heavy atom. The van der Waals surface area contributed by atoms with Crippen LogP contribution in [0.2, 0.25) is 0 Å². The molecule has 0 bridgehead atoms. The Morgan fingerprint density at radius 3 is 2.59 bits per heavy atom. The van der Waals surface area contributed by atoms with E-state index in [2.05, 4.69) is 10.3 Å². The first-order valence-corrected chi connectivity index (χ1v) is 9.25. The number of hydrogen-bond acceptors (Lipinski definition) is 5. The molecule has 0 aliphatic rings. The van der Waals surface area contributed by atoms with Crippen LogP contribution in [-0.4, -0.2) is 24.6 Å². The first-order valence-electron chi connectivity index (χ1n) is 9.25. The summed E-state index contributed by atoms with van der Waals surface area (Å²) in [7, 11) is 1.57. The van der Waals surface area contributed by atoms with E-state index in [0.717, 1.165) is 11.1 Å². The van der Waals surface area contributed by atoms with Gasteiger partial charge in [-0.15, -0.1) is 0 Å². The van der Waals surface area contributed by atoms with Crippen LogP contribution in [0.3, 0.4) is 0 Å². The standard InChI is InChI=1S/C23H24N2O4/c1-16-6-8-20(11-17(16)2)28-15-23(26)25-19-7-9-21(27-3)22(12-19)29-14-18-5-4-10-24-13-18/h4-13H,14-15H2,1-3H3,(H,25,26). The third-order valence-corrected chi connectivity index (χ3v) is 4.41. The van der Waals surface area contributed by atoms with Crippen molar-refractivity contribution in [3.8, 4) is 17.2 Å². The number of anilines is 1. The second-order valence-corrected chi connectivity index (χ2v) is 6.60. The zero-order valence-corrected chi connectivity index (χ0v) is 16.8. The number of aromatic nitrogens is 1. The van der Waals surface area contributed by atoms with Crippen molar-refractivity contribution in [1.82, 2.24) is 4.98 Å². The van der Waals surface area contributed by atoms with Crippen molar-refractivity contribution in [3.63, 3.8) is 0 Å². The topological polar surface area (TPSA) is 69.7 Å². The minimum atomic E-state index is -0.258. The van der Waals surface area contributed by atoms with Gasteiger partial charge in [0.2, 0.25) is 0 Å². The number of nitrogens with zero attached hydrogens (tertiary/aromatic N) is 1. The number of pyridine rings is 1. The Hall–Kier alpha value is -3.54. The van der Waals surface area contributed by atoms with Crippen LogP contribution >= 0.6 is 0 Å². The van der Waals surface area contributed by atoms with Crippen LogP contribution in [0.1, 0.15) is 16.7 Å². The number of amides is 1. The van der Waals surface area contributed by atoms with Gasteiger partial charge in [-0.05, 0) is 55.3 Å². The monoisotopic (exact) mass is 392 g/mol. The maximum Gasteiger partial charge on any atom is 0.262 e. The molecule has 0 fully saturated rings. The molecule has 0 saturated heterocycles. The lowest BCUT2D eigenvalue weighted by atomic mass is 10.1. The lowest BCUT2D eigenvalue weighted by Gasteiger charge is -2.13. The predicted octanol–water partition coefficient (Wildman–Crippen LogP) is 4.30. The highest BCUT2D eigenvalue weighted by molar-refractivity contribution is 5.92. The Balaban J connectivity index is 1.60. The quantitative estimate of drug-likeness (QED) is 0.619. The number of methoxy groups -OCH3 is 1. The van der Waals surface area contributed by atoms with Gasteiger partial charge in [0.1, 0.15) is 12.4 Å². The van der Waals surface area contributed by atoms with E-state index in [0.29, 0.717) is 29.5 Å². The average Bonchev–Trinajstić information content (AvgIpc) is 2.74. The number of benzene rings is 2. The van der Waals surface area contributed by atoms with Gasteiger partial charge in [-0.2, -0.15) is 0 Å². The van der Waals surface area contributed by atoms with Crippen molar-refractivity contribution < 1.29 is 19.0 Å². The molecule has 1 heterocycles. The van der Waals surface area contributed by atoms with Crippen molar-refractivity contribution >= 4 is 11.6 Å². The van der Waals surface area contributed by atoms with Crippen LogP contribution in [-0.2, 0) is 11.4 Å². The molecular formula is C23H24N2O4. The minimum Gasteiger partial charge on any atom is -0.493 e. The number of ether oxygens (including phenoxy) is 3. The van der Waals surface area contributed by atoms with Crippen LogP contribution in [0.5, 0.6) is 17.2 Å². The summed E-state index contributed by atoms with van der Waals surface area (Å²) >= 11 is 0. The highest BCUT2D eigenvalue weighted by Crippen LogP contribution is 2.31. The van der Waals surface area contributed by atoms with Gasteiger partial charge < -0.3 is 19.5 Å². The zero-order chi connectivity index (χ0) is 20.6. The summed E-state index contributed by atoms with van der Waals surface area (Å²) in [5.41, 5.74) is 3.83. The molecule has 0 aliphatic carbocycles. The molecule has 150 valence electrons. The van der Waals surface area contributed by atoms with Crippen LogP contribution in [0.25, 0.3) is 0 Å². The molecule has 2 aromatic carbocycles. The van der Waals surface area contributed by atoms with Crippen molar-refractivity contribution in [2.75, 3.05) is 19.0 Å². The van der Waals surface area contributed by atoms with Gasteiger partial charge in [0.05, 0.1) is 7.11 Å². The van der Waals surface area contributed by atoms with Crippen LogP contribution in [0.4, 0.5) is 5.69 Å². The largest absolute Gasteiger partial charge is 0.493 e. The van der Waals surface area contributed by atoms with Crippen molar-refractivity contribution in [1.29, 1.82) is 0 Å². The number of carbonyl (C=O) groups is 1. The second kappa shape index (κ2) is 9.59. The molecule has 29 heavy (non-hydrogen) atoms. The van der Waals surface area contributed by atoms with E-state index in [1.54, 1.807) is 37.7 Å². The van der Waals surface area contributed by atoms with Crippen molar-refractivity contribution in [2.24, 2.45) is 0 Å². The third-order valence-electron chi connectivity index (χ3n) is 4.41. The molecule has 0 aliphatic heterocycles. The van der Waals surface area contributed by atoms with E-state index in [9.17, 15) is 4.79 Å². The molecular weight excluding hydrogens is 368 g/mol. The maximum atomic E-state index is 12.3. The van der Waals surface area contributed by atoms with E-state index < -0.39 is 0 Å². The summed E-state index contributed by atoms with van der Waals surface area (Å²) < 4.78 is 16.8. The average molecular weight is 392 g/mol. The van der Waals surface area contributed by atoms with Crippen LogP contribution in [0, 0.1) is 13.8 Å². The van der Waals surface area contributed by atoms with Crippen LogP contribution < -0.4 is 19.5 Å². The zero-order valence-electron chi connectivity index (χ0n) is 16.8. The summed E-state index contributed by atoms with van der Waals surface area (Å²) in [6.07, 6.45) is 3.45. The molecule has 0 spiro atoms. The Kier molecular flexibility index (Phi) is 6.68. The van der Waals surface area contributed by atoms with E-state index in [1.165, 1.54) is 5.56 Å². The lowest BCUT2D eigenvalue weighted by molar-refractivity contribution is -0.118. The Bertz CT molecular complexity index is 974. The van der Waals surface area contributed by atoms with Crippen LogP contribution in [0.15, 0.2) is 60.9 Å². The number of hydrogen-bond donors (Lipinski definition) is 1. The third kappa shape index (κ3) is 5.72. The normalized spacial score (nSPS) is 10.3. The fraction of sp³-hybridized carbons (Fsp3) is 0.217. The molecule has 3 aromatic rings. The number of nitrogens with one attached hydrogen (secondary N) is 1. The number of aryl methyl sites for hydroxylation is 2. The van der Waals surface area contributed by atoms with Gasteiger partial charge in [-0.3, -0.25) is 9.78 Å². The van der Waals surface area contributed by atoms with Crippen molar-refractivity contribution in [2.45, 2.75) is 20.5 Å². The number of rotatable bonds is 8. The van der Waals surface area contributed by atoms with Gasteiger partial charge in [0.25, 0.3) is 5.91 Å². The fourth-order valence-electron chi connectivity index (χ4n) is 2.66. The minimum absolute atomic E-state index is 0.0829. The summed E-state index contributed by atoms with van der Waals surface area (Å²) in [6.45, 7) is 4.30. The van der Waals surface area contributed by atoms with Gasteiger partial charge in [0, 0.05) is 29.7 Å². The predicted molar refractivity (Wildman–Crippen MR) is 112 cm³/mol. The molecule has 6 nitrogen and oxygen atoms in total. The van der Waals surface area contributed by atoms with Crippen molar-refractivity contribution in [3.05, 3.63) is 77.6 Å². The lowest BCUT2D eigenvalue weighted by Crippen LogP contribution is -2.20. The molecule has 1 aromatic heterocycles. The van der Waals surface area contributed by atoms with Gasteiger partial charge in [-0.1, -0.05) is 12.1 Å². The smallest absolute Gasteiger partial charge is 0.262 e. The second-order valence-electron chi connectivity index (χ2n) is 6.60. The van der Waals surface area contributed by atoms with E-state index in [1.807, 2.05) is 44.2 Å². The van der Waals surface area contributed by atoms with E-state index >= 15 is 0 Å². The van der Waals surface area contributed by atoms with Gasteiger partial charge >= 0.3 is 0 Å². The van der Waals surface area contributed by atoms with Gasteiger partial charge in [-0.25, -0.2) is 0 Å². The van der Waals surface area contributed by atoms with E-state index in [4.69, 9.17) is 14.2 Å².